The Morgan fingerprint density at radius 2 is 2.00 bits per heavy atom. The SMILES string of the molecule is CC(C)(C)C1=CCP(C)(=O)CC1. The van der Waals surface area contributed by atoms with Gasteiger partial charge in [0.2, 0.25) is 0 Å². The Labute approximate surface area is 75.6 Å². The van der Waals surface area contributed by atoms with Crippen molar-refractivity contribution in [1.82, 2.24) is 0 Å². The Bertz CT molecular complexity index is 245. The van der Waals surface area contributed by atoms with E-state index in [0.29, 0.717) is 0 Å². The van der Waals surface area contributed by atoms with Crippen LogP contribution in [0.5, 0.6) is 0 Å². The van der Waals surface area contributed by atoms with Crippen LogP contribution in [0.1, 0.15) is 27.2 Å². The molecule has 1 aliphatic rings. The van der Waals surface area contributed by atoms with E-state index in [1.54, 1.807) is 0 Å². The summed E-state index contributed by atoms with van der Waals surface area (Å²) in [5.74, 6) is 0. The van der Waals surface area contributed by atoms with Crippen LogP contribution in [0, 0.1) is 5.41 Å². The van der Waals surface area contributed by atoms with Crippen molar-refractivity contribution in [2.24, 2.45) is 5.41 Å². The molecule has 0 aromatic carbocycles. The van der Waals surface area contributed by atoms with Crippen molar-refractivity contribution < 1.29 is 4.57 Å². The summed E-state index contributed by atoms with van der Waals surface area (Å²) < 4.78 is 11.7. The summed E-state index contributed by atoms with van der Waals surface area (Å²) in [7, 11) is -1.77. The average Bonchev–Trinajstić information content (AvgIpc) is 1.83. The van der Waals surface area contributed by atoms with Crippen LogP contribution in [0.4, 0.5) is 0 Å². The lowest BCUT2D eigenvalue weighted by molar-refractivity contribution is 0.483. The highest BCUT2D eigenvalue weighted by molar-refractivity contribution is 7.63. The molecule has 0 amide bonds. The smallest absolute Gasteiger partial charge is 0.0887 e. The van der Waals surface area contributed by atoms with Gasteiger partial charge in [-0.05, 0) is 18.5 Å². The van der Waals surface area contributed by atoms with Crippen molar-refractivity contribution >= 4 is 7.14 Å². The normalized spacial score (nSPS) is 31.5. The third kappa shape index (κ3) is 2.48. The predicted molar refractivity (Wildman–Crippen MR) is 55.4 cm³/mol. The molecular weight excluding hydrogens is 167 g/mol. The van der Waals surface area contributed by atoms with Crippen LogP contribution < -0.4 is 0 Å². The second kappa shape index (κ2) is 3.03. The van der Waals surface area contributed by atoms with Crippen LogP contribution in [0.25, 0.3) is 0 Å². The summed E-state index contributed by atoms with van der Waals surface area (Å²) in [5.41, 5.74) is 1.76. The van der Waals surface area contributed by atoms with Gasteiger partial charge in [0, 0.05) is 12.3 Å². The van der Waals surface area contributed by atoms with Gasteiger partial charge in [0.05, 0.1) is 7.14 Å². The van der Waals surface area contributed by atoms with Gasteiger partial charge in [-0.3, -0.25) is 0 Å². The molecule has 1 unspecified atom stereocenters. The molecule has 70 valence electrons. The van der Waals surface area contributed by atoms with E-state index in [4.69, 9.17) is 0 Å². The number of rotatable bonds is 0. The molecule has 12 heavy (non-hydrogen) atoms. The van der Waals surface area contributed by atoms with E-state index in [-0.39, 0.29) is 5.41 Å². The van der Waals surface area contributed by atoms with Gasteiger partial charge in [-0.1, -0.05) is 32.4 Å². The lowest BCUT2D eigenvalue weighted by Crippen LogP contribution is -2.15. The zero-order valence-corrected chi connectivity index (χ0v) is 9.45. The highest BCUT2D eigenvalue weighted by atomic mass is 31.2. The first-order chi connectivity index (χ1) is 5.31. The second-order valence-electron chi connectivity index (χ2n) is 4.93. The van der Waals surface area contributed by atoms with Crippen LogP contribution in [0.2, 0.25) is 0 Å². The molecule has 0 N–H and O–H groups in total. The van der Waals surface area contributed by atoms with Gasteiger partial charge in [0.1, 0.15) is 0 Å². The maximum absolute atomic E-state index is 11.7. The predicted octanol–water partition coefficient (Wildman–Crippen LogP) is 3.36. The molecule has 1 nitrogen and oxygen atoms in total. The van der Waals surface area contributed by atoms with Crippen molar-refractivity contribution in [1.29, 1.82) is 0 Å². The summed E-state index contributed by atoms with van der Waals surface area (Å²) in [4.78, 5) is 0. The Hall–Kier alpha value is -0.0300. The van der Waals surface area contributed by atoms with Gasteiger partial charge in [0.15, 0.2) is 0 Å². The van der Waals surface area contributed by atoms with E-state index in [2.05, 4.69) is 26.8 Å². The van der Waals surface area contributed by atoms with Crippen molar-refractivity contribution in [3.05, 3.63) is 11.6 Å². The molecule has 0 spiro atoms. The van der Waals surface area contributed by atoms with Crippen LogP contribution in [0.3, 0.4) is 0 Å². The standard InChI is InChI=1S/C10H19OP/c1-10(2,3)9-5-7-12(4,11)8-6-9/h5H,6-8H2,1-4H3. The van der Waals surface area contributed by atoms with Gasteiger partial charge in [-0.15, -0.1) is 0 Å². The summed E-state index contributed by atoms with van der Waals surface area (Å²) in [6, 6.07) is 0. The van der Waals surface area contributed by atoms with E-state index in [9.17, 15) is 4.57 Å². The Balaban J connectivity index is 2.76. The summed E-state index contributed by atoms with van der Waals surface area (Å²) in [5, 5.41) is 0. The van der Waals surface area contributed by atoms with Crippen LogP contribution >= 0.6 is 7.14 Å². The molecule has 2 heteroatoms. The molecule has 0 fully saturated rings. The molecule has 0 saturated carbocycles. The van der Waals surface area contributed by atoms with E-state index in [1.807, 2.05) is 6.66 Å². The summed E-state index contributed by atoms with van der Waals surface area (Å²) >= 11 is 0. The third-order valence-corrected chi connectivity index (χ3v) is 4.67. The zero-order chi connectivity index (χ0) is 9.41. The maximum Gasteiger partial charge on any atom is 0.0887 e. The van der Waals surface area contributed by atoms with E-state index in [1.165, 1.54) is 5.57 Å². The van der Waals surface area contributed by atoms with Crippen molar-refractivity contribution in [3.63, 3.8) is 0 Å². The fraction of sp³-hybridized carbons (Fsp3) is 0.800. The fourth-order valence-corrected chi connectivity index (χ4v) is 3.04. The maximum atomic E-state index is 11.7. The Kier molecular flexibility index (Phi) is 2.54. The van der Waals surface area contributed by atoms with Gasteiger partial charge < -0.3 is 4.57 Å². The number of hydrogen-bond donors (Lipinski definition) is 0. The fourth-order valence-electron chi connectivity index (χ4n) is 1.53. The molecule has 1 rings (SSSR count). The van der Waals surface area contributed by atoms with E-state index >= 15 is 0 Å². The van der Waals surface area contributed by atoms with Gasteiger partial charge in [0.25, 0.3) is 0 Å². The summed E-state index contributed by atoms with van der Waals surface area (Å²) in [6.07, 6.45) is 4.97. The van der Waals surface area contributed by atoms with Gasteiger partial charge in [-0.2, -0.15) is 0 Å². The average molecular weight is 186 g/mol. The monoisotopic (exact) mass is 186 g/mol. The molecule has 1 aliphatic heterocycles. The van der Waals surface area contributed by atoms with Crippen molar-refractivity contribution in [3.8, 4) is 0 Å². The van der Waals surface area contributed by atoms with Crippen LogP contribution in [-0.4, -0.2) is 19.0 Å². The minimum absolute atomic E-state index is 0.278. The molecule has 0 aromatic heterocycles. The second-order valence-corrected chi connectivity index (χ2v) is 8.34. The van der Waals surface area contributed by atoms with Crippen molar-refractivity contribution in [2.75, 3.05) is 19.0 Å². The molecule has 0 aromatic rings. The molecule has 0 bridgehead atoms. The zero-order valence-electron chi connectivity index (χ0n) is 8.55. The molecule has 1 atom stereocenters. The summed E-state index contributed by atoms with van der Waals surface area (Å²) in [6.45, 7) is 8.60. The van der Waals surface area contributed by atoms with E-state index in [0.717, 1.165) is 18.7 Å². The van der Waals surface area contributed by atoms with Gasteiger partial charge in [-0.25, -0.2) is 0 Å². The highest BCUT2D eigenvalue weighted by Crippen LogP contribution is 2.48. The first kappa shape index (κ1) is 10.1. The van der Waals surface area contributed by atoms with Crippen molar-refractivity contribution in [2.45, 2.75) is 27.2 Å². The Morgan fingerprint density at radius 1 is 1.42 bits per heavy atom. The third-order valence-electron chi connectivity index (χ3n) is 2.54. The largest absolute Gasteiger partial charge is 0.324 e. The lowest BCUT2D eigenvalue weighted by Gasteiger charge is -2.28. The molecule has 0 saturated heterocycles. The number of hydrogen-bond acceptors (Lipinski definition) is 1. The molecule has 1 heterocycles. The Morgan fingerprint density at radius 3 is 2.33 bits per heavy atom. The van der Waals surface area contributed by atoms with Crippen LogP contribution in [-0.2, 0) is 4.57 Å². The van der Waals surface area contributed by atoms with Crippen LogP contribution in [0.15, 0.2) is 11.6 Å². The molecule has 0 aliphatic carbocycles. The quantitative estimate of drug-likeness (QED) is 0.419. The lowest BCUT2D eigenvalue weighted by atomic mass is 9.85. The minimum atomic E-state index is -1.77. The molecular formula is C10H19OP. The first-order valence-electron chi connectivity index (χ1n) is 4.56. The molecule has 0 radical (unpaired) electrons. The van der Waals surface area contributed by atoms with E-state index < -0.39 is 7.14 Å². The number of allylic oxidation sites excluding steroid dienone is 2. The topological polar surface area (TPSA) is 17.1 Å². The first-order valence-corrected chi connectivity index (χ1v) is 7.09. The minimum Gasteiger partial charge on any atom is -0.324 e. The highest BCUT2D eigenvalue weighted by Gasteiger charge is 2.25. The van der Waals surface area contributed by atoms with Gasteiger partial charge >= 0.3 is 0 Å².